The van der Waals surface area contributed by atoms with Crippen molar-refractivity contribution in [1.82, 2.24) is 0 Å². The lowest BCUT2D eigenvalue weighted by atomic mass is 9.85. The van der Waals surface area contributed by atoms with Crippen LogP contribution in [0.3, 0.4) is 0 Å². The van der Waals surface area contributed by atoms with Crippen LogP contribution in [0.25, 0.3) is 0 Å². The Balaban J connectivity index is 1.76. The molecule has 19 heavy (non-hydrogen) atoms. The molecular weight excluding hydrogens is 232 g/mol. The molecule has 104 valence electrons. The smallest absolute Gasteiger partial charge is 0.0780 e. The number of ether oxygens (including phenoxy) is 1. The second kappa shape index (κ2) is 8.16. The minimum Gasteiger partial charge on any atom is -0.377 e. The molecule has 1 aromatic carbocycles. The highest BCUT2D eigenvalue weighted by Crippen LogP contribution is 2.28. The van der Waals surface area contributed by atoms with Gasteiger partial charge < -0.3 is 4.74 Å². The molecule has 1 atom stereocenters. The van der Waals surface area contributed by atoms with Gasteiger partial charge in [0.1, 0.15) is 0 Å². The van der Waals surface area contributed by atoms with Gasteiger partial charge in [-0.2, -0.15) is 0 Å². The molecule has 0 saturated heterocycles. The number of rotatable bonds is 6. The Morgan fingerprint density at radius 1 is 1.16 bits per heavy atom. The first-order valence-corrected chi connectivity index (χ1v) is 7.63. The quantitative estimate of drug-likeness (QED) is 0.668. The Bertz CT molecular complexity index is 363. The molecule has 1 unspecified atom stereocenters. The number of aryl methyl sites for hydroxylation is 1. The van der Waals surface area contributed by atoms with Gasteiger partial charge in [-0.1, -0.05) is 61.7 Å². The zero-order chi connectivity index (χ0) is 13.3. The fourth-order valence-electron chi connectivity index (χ4n) is 3.02. The Kier molecular flexibility index (Phi) is 6.16. The first-order valence-electron chi connectivity index (χ1n) is 7.63. The highest BCUT2D eigenvalue weighted by molar-refractivity contribution is 5.15. The summed E-state index contributed by atoms with van der Waals surface area (Å²) in [6.07, 6.45) is 14.0. The van der Waals surface area contributed by atoms with E-state index in [-0.39, 0.29) is 0 Å². The minimum absolute atomic E-state index is 0.330. The molecular formula is C18H26O. The van der Waals surface area contributed by atoms with Crippen LogP contribution in [-0.2, 0) is 11.2 Å². The first-order chi connectivity index (χ1) is 9.40. The summed E-state index contributed by atoms with van der Waals surface area (Å²) in [6.45, 7) is 0. The molecule has 0 N–H and O–H groups in total. The van der Waals surface area contributed by atoms with Crippen LogP contribution >= 0.6 is 0 Å². The third kappa shape index (κ3) is 4.83. The average Bonchev–Trinajstić information content (AvgIpc) is 2.49. The molecule has 1 aliphatic carbocycles. The van der Waals surface area contributed by atoms with Gasteiger partial charge in [-0.3, -0.25) is 0 Å². The second-order valence-electron chi connectivity index (χ2n) is 5.55. The Labute approximate surface area is 117 Å². The number of hydrogen-bond acceptors (Lipinski definition) is 1. The summed E-state index contributed by atoms with van der Waals surface area (Å²) in [4.78, 5) is 0. The van der Waals surface area contributed by atoms with E-state index in [0.717, 1.165) is 18.8 Å². The molecule has 0 bridgehead atoms. The summed E-state index contributed by atoms with van der Waals surface area (Å²) in [6, 6.07) is 10.7. The summed E-state index contributed by atoms with van der Waals surface area (Å²) in [5, 5.41) is 0. The van der Waals surface area contributed by atoms with Crippen molar-refractivity contribution < 1.29 is 4.74 Å². The van der Waals surface area contributed by atoms with Gasteiger partial charge in [-0.05, 0) is 37.2 Å². The summed E-state index contributed by atoms with van der Waals surface area (Å²) in [7, 11) is 1.85. The van der Waals surface area contributed by atoms with Crippen LogP contribution in [0.5, 0.6) is 0 Å². The Morgan fingerprint density at radius 3 is 2.58 bits per heavy atom. The summed E-state index contributed by atoms with van der Waals surface area (Å²) >= 11 is 0. The fraction of sp³-hybridized carbons (Fsp3) is 0.556. The third-order valence-electron chi connectivity index (χ3n) is 4.15. The van der Waals surface area contributed by atoms with E-state index in [1.165, 1.54) is 37.7 Å². The highest BCUT2D eigenvalue weighted by Gasteiger charge is 2.20. The van der Waals surface area contributed by atoms with Crippen LogP contribution in [0.2, 0.25) is 0 Å². The zero-order valence-electron chi connectivity index (χ0n) is 12.1. The van der Waals surface area contributed by atoms with Crippen LogP contribution in [-0.4, -0.2) is 13.2 Å². The normalized spacial score (nSPS) is 18.8. The standard InChI is InChI=1S/C18H26O/c1-19-18(17-13-6-3-7-14-17)15-9-8-12-16-10-4-2-5-11-16/h2,4-5,9-11,15,17-18H,3,6-8,12-14H2,1H3/b15-9+. The van der Waals surface area contributed by atoms with Crippen molar-refractivity contribution >= 4 is 0 Å². The second-order valence-corrected chi connectivity index (χ2v) is 5.55. The molecule has 1 fully saturated rings. The van der Waals surface area contributed by atoms with Gasteiger partial charge in [0.15, 0.2) is 0 Å². The molecule has 1 saturated carbocycles. The van der Waals surface area contributed by atoms with Crippen molar-refractivity contribution in [3.8, 4) is 0 Å². The van der Waals surface area contributed by atoms with Crippen molar-refractivity contribution in [3.63, 3.8) is 0 Å². The molecule has 0 aliphatic heterocycles. The van der Waals surface area contributed by atoms with Crippen molar-refractivity contribution in [1.29, 1.82) is 0 Å². The van der Waals surface area contributed by atoms with Crippen molar-refractivity contribution in [2.75, 3.05) is 7.11 Å². The Hall–Kier alpha value is -1.08. The summed E-state index contributed by atoms with van der Waals surface area (Å²) in [5.74, 6) is 0.742. The van der Waals surface area contributed by atoms with Crippen LogP contribution in [0.4, 0.5) is 0 Å². The highest BCUT2D eigenvalue weighted by atomic mass is 16.5. The van der Waals surface area contributed by atoms with E-state index >= 15 is 0 Å². The average molecular weight is 258 g/mol. The van der Waals surface area contributed by atoms with Crippen molar-refractivity contribution in [2.24, 2.45) is 5.92 Å². The topological polar surface area (TPSA) is 9.23 Å². The molecule has 0 radical (unpaired) electrons. The largest absolute Gasteiger partial charge is 0.377 e. The maximum Gasteiger partial charge on any atom is 0.0780 e. The van der Waals surface area contributed by atoms with Crippen LogP contribution < -0.4 is 0 Å². The van der Waals surface area contributed by atoms with Gasteiger partial charge in [0.25, 0.3) is 0 Å². The zero-order valence-corrected chi connectivity index (χ0v) is 12.1. The molecule has 1 nitrogen and oxygen atoms in total. The number of allylic oxidation sites excluding steroid dienone is 1. The molecule has 0 amide bonds. The van der Waals surface area contributed by atoms with Crippen LogP contribution in [0.1, 0.15) is 44.1 Å². The van der Waals surface area contributed by atoms with Gasteiger partial charge in [0, 0.05) is 7.11 Å². The van der Waals surface area contributed by atoms with E-state index in [1.54, 1.807) is 0 Å². The van der Waals surface area contributed by atoms with Gasteiger partial charge in [0.05, 0.1) is 6.10 Å². The first kappa shape index (κ1) is 14.3. The summed E-state index contributed by atoms with van der Waals surface area (Å²) in [5.41, 5.74) is 1.42. The maximum atomic E-state index is 5.66. The van der Waals surface area contributed by atoms with Gasteiger partial charge in [-0.25, -0.2) is 0 Å². The van der Waals surface area contributed by atoms with E-state index < -0.39 is 0 Å². The lowest BCUT2D eigenvalue weighted by molar-refractivity contribution is 0.0717. The Morgan fingerprint density at radius 2 is 1.89 bits per heavy atom. The van der Waals surface area contributed by atoms with Crippen LogP contribution in [0, 0.1) is 5.92 Å². The van der Waals surface area contributed by atoms with E-state index in [4.69, 9.17) is 4.74 Å². The minimum atomic E-state index is 0.330. The molecule has 0 aromatic heterocycles. The molecule has 0 spiro atoms. The molecule has 2 rings (SSSR count). The predicted octanol–water partition coefficient (Wildman–Crippen LogP) is 4.77. The number of methoxy groups -OCH3 is 1. The summed E-state index contributed by atoms with van der Waals surface area (Å²) < 4.78 is 5.66. The lowest BCUT2D eigenvalue weighted by Gasteiger charge is -2.27. The van der Waals surface area contributed by atoms with E-state index in [9.17, 15) is 0 Å². The van der Waals surface area contributed by atoms with Crippen molar-refractivity contribution in [2.45, 2.75) is 51.0 Å². The molecule has 0 heterocycles. The van der Waals surface area contributed by atoms with Gasteiger partial charge in [0.2, 0.25) is 0 Å². The predicted molar refractivity (Wildman–Crippen MR) is 81.3 cm³/mol. The van der Waals surface area contributed by atoms with Crippen molar-refractivity contribution in [3.05, 3.63) is 48.0 Å². The van der Waals surface area contributed by atoms with E-state index in [2.05, 4.69) is 42.5 Å². The van der Waals surface area contributed by atoms with E-state index in [1.807, 2.05) is 7.11 Å². The van der Waals surface area contributed by atoms with E-state index in [0.29, 0.717) is 6.10 Å². The molecule has 1 aliphatic rings. The molecule has 1 aromatic rings. The fourth-order valence-corrected chi connectivity index (χ4v) is 3.02. The van der Waals surface area contributed by atoms with Crippen LogP contribution in [0.15, 0.2) is 42.5 Å². The SMILES string of the molecule is COC(/C=C/CCc1ccccc1)C1CCCCC1. The maximum absolute atomic E-state index is 5.66. The van der Waals surface area contributed by atoms with Gasteiger partial charge >= 0.3 is 0 Å². The third-order valence-corrected chi connectivity index (χ3v) is 4.15. The lowest BCUT2D eigenvalue weighted by Crippen LogP contribution is -2.22. The monoisotopic (exact) mass is 258 g/mol. The van der Waals surface area contributed by atoms with Gasteiger partial charge in [-0.15, -0.1) is 0 Å². The molecule has 1 heteroatoms. The number of benzene rings is 1. The number of hydrogen-bond donors (Lipinski definition) is 0.